The van der Waals surface area contributed by atoms with E-state index < -0.39 is 69.6 Å². The molecule has 5 aromatic heterocycles. The molecule has 0 aliphatic heterocycles. The fourth-order valence-electron chi connectivity index (χ4n) is 8.00. The molecule has 0 saturated carbocycles. The number of nitrogens with two attached hydrogens (primary N) is 2. The normalized spacial score (nSPS) is 11.3. The number of carbonyl (C=O) groups excluding carboxylic acids is 2. The Morgan fingerprint density at radius 2 is 1.07 bits per heavy atom. The van der Waals surface area contributed by atoms with E-state index in [1.165, 1.54) is 46.1 Å². The number of anilines is 3. The molecule has 0 bridgehead atoms. The molecule has 10 aromatic rings. The molecule has 502 valence electrons. The number of sulfonamides is 1. The number of aromatic nitrogens is 7. The van der Waals surface area contributed by atoms with Crippen LogP contribution in [0.1, 0.15) is 105 Å². The molecule has 6 N–H and O–H groups in total. The lowest BCUT2D eigenvalue weighted by Crippen LogP contribution is -2.17. The van der Waals surface area contributed by atoms with Crippen LogP contribution in [0.25, 0.3) is 44.1 Å². The first kappa shape index (κ1) is 78.8. The predicted octanol–water partition coefficient (Wildman–Crippen LogP) is 16.0. The number of nitrogen functional groups attached to an aromatic ring is 2. The fourth-order valence-corrected chi connectivity index (χ4v) is 9.69. The van der Waals surface area contributed by atoms with Crippen LogP contribution in [-0.2, 0) is 45.2 Å². The van der Waals surface area contributed by atoms with E-state index in [0.29, 0.717) is 27.2 Å². The predicted molar refractivity (Wildman–Crippen MR) is 352 cm³/mol. The summed E-state index contributed by atoms with van der Waals surface area (Å²) in [7, 11) is 0.00711. The number of benzene rings is 5. The van der Waals surface area contributed by atoms with Crippen molar-refractivity contribution in [2.75, 3.05) is 22.5 Å². The average Bonchev–Trinajstić information content (AvgIpc) is 1.56. The van der Waals surface area contributed by atoms with Gasteiger partial charge >= 0.3 is 12.4 Å². The van der Waals surface area contributed by atoms with Crippen molar-refractivity contribution >= 4 is 92.5 Å². The minimum atomic E-state index is -4.04. The summed E-state index contributed by atoms with van der Waals surface area (Å²) in [4.78, 5) is 32.9. The zero-order valence-corrected chi connectivity index (χ0v) is 52.7. The van der Waals surface area contributed by atoms with E-state index in [2.05, 4.69) is 60.8 Å². The van der Waals surface area contributed by atoms with Crippen LogP contribution in [0.3, 0.4) is 0 Å². The first-order chi connectivity index (χ1) is 43.4. The molecule has 0 saturated heterocycles. The van der Waals surface area contributed by atoms with Gasteiger partial charge in [-0.1, -0.05) is 98.9 Å². The van der Waals surface area contributed by atoms with E-state index in [1.807, 2.05) is 87.5 Å². The molecule has 5 aromatic carbocycles. The number of Topliss-reactive ketones (excluding diaryl/α,β-unsaturated/α-hetero) is 1. The molecular weight excluding hydrogens is 1300 g/mol. The number of fused-ring (bicyclic) bond motifs is 3. The molecule has 1 atom stereocenters. The molecule has 0 aliphatic rings. The van der Waals surface area contributed by atoms with E-state index in [0.717, 1.165) is 39.1 Å². The van der Waals surface area contributed by atoms with Gasteiger partial charge in [-0.2, -0.15) is 24.2 Å². The molecule has 29 heteroatoms. The van der Waals surface area contributed by atoms with E-state index in [-0.39, 0.29) is 54.5 Å². The first-order valence-corrected chi connectivity index (χ1v) is 30.8. The van der Waals surface area contributed by atoms with Gasteiger partial charge < -0.3 is 15.9 Å². The van der Waals surface area contributed by atoms with Crippen molar-refractivity contribution in [3.8, 4) is 17.4 Å². The third-order valence-corrected chi connectivity index (χ3v) is 15.1. The van der Waals surface area contributed by atoms with Crippen molar-refractivity contribution < 1.29 is 62.1 Å². The second-order valence-electron chi connectivity index (χ2n) is 21.1. The number of alkyl halides is 8. The lowest BCUT2D eigenvalue weighted by Gasteiger charge is -2.19. The Balaban J connectivity index is 0.000000318. The number of nitrogens with zero attached hydrogens (tertiary/aromatic N) is 8. The molecular formula is C65H71ClF8N12O6S2. The lowest BCUT2D eigenvalue weighted by atomic mass is 9.87. The van der Waals surface area contributed by atoms with Crippen LogP contribution in [-0.4, -0.2) is 78.3 Å². The van der Waals surface area contributed by atoms with Gasteiger partial charge in [0.05, 0.1) is 62.5 Å². The monoisotopic (exact) mass is 1370 g/mol. The summed E-state index contributed by atoms with van der Waals surface area (Å²) in [6.45, 7) is 14.0. The van der Waals surface area contributed by atoms with Gasteiger partial charge in [-0.15, -0.1) is 0 Å². The number of hydrogen-bond donors (Lipinski definition) is 4. The largest absolute Gasteiger partial charge is 0.462 e. The number of hydrogen-bond acceptors (Lipinski definition) is 15. The molecule has 18 nitrogen and oxygen atoms in total. The summed E-state index contributed by atoms with van der Waals surface area (Å²) < 4.78 is 142. The third-order valence-electron chi connectivity index (χ3n) is 12.6. The number of ether oxygens (including phenoxy) is 1. The Hall–Kier alpha value is -9.43. The van der Waals surface area contributed by atoms with Gasteiger partial charge in [0.1, 0.15) is 33.0 Å². The fraction of sp³-hybridized carbons (Fsp3) is 0.262. The number of ketones is 1. The highest BCUT2D eigenvalue weighted by atomic mass is 35.7. The number of rotatable bonds is 13. The van der Waals surface area contributed by atoms with Gasteiger partial charge in [0, 0.05) is 46.9 Å². The topological polar surface area (TPSA) is 269 Å². The molecule has 5 heterocycles. The van der Waals surface area contributed by atoms with Gasteiger partial charge in [-0.05, 0) is 137 Å². The first-order valence-electron chi connectivity index (χ1n) is 27.4. The number of halogens is 9. The molecule has 1 unspecified atom stereocenters. The maximum Gasteiger partial charge on any atom is 0.373 e. The maximum absolute atomic E-state index is 13.4. The van der Waals surface area contributed by atoms with Crippen molar-refractivity contribution in [2.45, 2.75) is 116 Å². The highest BCUT2D eigenvalue weighted by Crippen LogP contribution is 2.32. The standard InChI is InChI=1S/C23H22F2N4O2S.C13H10F2N4.C10H13ClOS.C9H9N3.C4H3F2NO.C4H6F2O2.2CH4/c1-23(2,3)15-9-11-16(12-10-15)32(30,31)28-21-14-19(22(24)25)27-29(21)20-8-4-7-18-17(20)6-5-13-26-18;14-13(15)10-7-12(16)19(18-10)11-5-1-4-9-8(11)3-2-6-17-9;1-10(2,3)8-4-6-9(7-5-8)13(11)12;10-12-9-5-1-4-8-7(9)3-2-6-11-8;5-4(6)3(8)1-2-7;1-2-8-4(7)3(5)6;;/h4-14,22,28H,1-3H3;1-7,13H,16H2;4-7H,1-3H3;1-6,12H,10H2;4H,1H2;3H,2H2,1H3;2*1H4. The Morgan fingerprint density at radius 3 is 1.47 bits per heavy atom. The average molecular weight is 1370 g/mol. The second-order valence-corrected chi connectivity index (χ2v) is 24.6. The number of carbonyl (C=O) groups is 2. The molecule has 0 radical (unpaired) electrons. The van der Waals surface area contributed by atoms with Crippen LogP contribution < -0.4 is 21.7 Å². The minimum Gasteiger partial charge on any atom is -0.462 e. The van der Waals surface area contributed by atoms with Gasteiger partial charge in [-0.3, -0.25) is 30.3 Å². The Labute approximate surface area is 546 Å². The molecule has 0 fully saturated rings. The maximum atomic E-state index is 13.4. The number of pyridine rings is 3. The lowest BCUT2D eigenvalue weighted by molar-refractivity contribution is -0.155. The summed E-state index contributed by atoms with van der Waals surface area (Å²) in [6, 6.07) is 44.9. The molecule has 0 aliphatic carbocycles. The Bertz CT molecular complexity index is 4250. The SMILES string of the molecule is C.C.CC(C)(C)c1ccc(S(=O)(=O)Nc2cc(C(F)F)nn2-c2cccc3ncccc23)cc1.CC(C)(C)c1ccc(S(=O)Cl)cc1.CCOC(=O)C(F)F.N#CCC(=O)C(F)F.NNc1cccc2ncccc12.Nc1cc(C(F)F)nn1-c1cccc2ncccc12. The van der Waals surface area contributed by atoms with Crippen molar-refractivity contribution in [3.63, 3.8) is 0 Å². The van der Waals surface area contributed by atoms with Crippen molar-refractivity contribution in [1.82, 2.24) is 34.5 Å². The summed E-state index contributed by atoms with van der Waals surface area (Å²) in [6.07, 6.45) is -7.13. The summed E-state index contributed by atoms with van der Waals surface area (Å²) >= 11 is 0. The number of hydrazine groups is 1. The quantitative estimate of drug-likeness (QED) is 0.0275. The number of esters is 1. The van der Waals surface area contributed by atoms with Gasteiger partial charge in [0.15, 0.2) is 0 Å². The molecule has 94 heavy (non-hydrogen) atoms. The molecule has 10 rings (SSSR count). The Kier molecular flexibility index (Phi) is 30.3. The summed E-state index contributed by atoms with van der Waals surface area (Å²) in [5.41, 5.74) is 14.0. The van der Waals surface area contributed by atoms with Crippen molar-refractivity contribution in [2.24, 2.45) is 5.84 Å². The second kappa shape index (κ2) is 36.1. The summed E-state index contributed by atoms with van der Waals surface area (Å²) in [5.74, 6) is 2.66. The number of nitrogens with one attached hydrogen (secondary N) is 2. The van der Waals surface area contributed by atoms with Crippen molar-refractivity contribution in [3.05, 3.63) is 193 Å². The zero-order valence-electron chi connectivity index (χ0n) is 50.3. The van der Waals surface area contributed by atoms with Crippen LogP contribution in [0.2, 0.25) is 0 Å². The van der Waals surface area contributed by atoms with Crippen LogP contribution >= 0.6 is 10.7 Å². The highest BCUT2D eigenvalue weighted by Gasteiger charge is 2.24. The van der Waals surface area contributed by atoms with Gasteiger partial charge in [-0.25, -0.2) is 53.1 Å². The van der Waals surface area contributed by atoms with E-state index in [9.17, 15) is 57.3 Å². The van der Waals surface area contributed by atoms with E-state index >= 15 is 0 Å². The van der Waals surface area contributed by atoms with Gasteiger partial charge in [0.2, 0.25) is 5.78 Å². The van der Waals surface area contributed by atoms with Crippen molar-refractivity contribution in [1.29, 1.82) is 5.26 Å². The van der Waals surface area contributed by atoms with Crippen LogP contribution in [0.15, 0.2) is 180 Å². The smallest absolute Gasteiger partial charge is 0.373 e. The van der Waals surface area contributed by atoms with E-state index in [1.54, 1.807) is 79.3 Å². The third kappa shape index (κ3) is 22.4. The minimum absolute atomic E-state index is 0. The number of nitriles is 1. The van der Waals surface area contributed by atoms with E-state index in [4.69, 9.17) is 27.5 Å². The van der Waals surface area contributed by atoms with Crippen LogP contribution in [0, 0.1) is 11.3 Å². The van der Waals surface area contributed by atoms with Crippen LogP contribution in [0.5, 0.6) is 0 Å². The van der Waals surface area contributed by atoms with Crippen LogP contribution in [0.4, 0.5) is 52.4 Å². The highest BCUT2D eigenvalue weighted by molar-refractivity contribution is 8.08. The zero-order chi connectivity index (χ0) is 68.1. The molecule has 0 spiro atoms. The summed E-state index contributed by atoms with van der Waals surface area (Å²) in [5, 5.41) is 18.0. The molecule has 0 amide bonds. The van der Waals surface area contributed by atoms with Gasteiger partial charge in [0.25, 0.3) is 29.3 Å². The Morgan fingerprint density at radius 1 is 0.638 bits per heavy atom.